The van der Waals surface area contributed by atoms with Gasteiger partial charge in [0.1, 0.15) is 6.10 Å². The van der Waals surface area contributed by atoms with Crippen LogP contribution in [0, 0.1) is 73.9 Å². The van der Waals surface area contributed by atoms with E-state index in [1.807, 2.05) is 13.8 Å². The Bertz CT molecular complexity index is 1660. The molecule has 56 heavy (non-hydrogen) atoms. The Hall–Kier alpha value is -1.23. The largest absolute Gasteiger partial charge is 0.481 e. The molecular weight excluding hydrogens is 725 g/mol. The third kappa shape index (κ3) is 6.14. The number of nitrogens with one attached hydrogen (secondary N) is 1. The first-order chi connectivity index (χ1) is 26.1. The Morgan fingerprint density at radius 2 is 1.46 bits per heavy atom. The Balaban J connectivity index is 0.993. The van der Waals surface area contributed by atoms with Crippen molar-refractivity contribution in [3.05, 3.63) is 0 Å². The molecule has 1 aliphatic heterocycles. The highest BCUT2D eigenvalue weighted by Gasteiger charge is 2.72. The molecule has 0 radical (unpaired) electrons. The average molecular weight is 801 g/mol. The Morgan fingerprint density at radius 1 is 0.768 bits per heavy atom. The van der Waals surface area contributed by atoms with Gasteiger partial charge in [0.15, 0.2) is 9.84 Å². The van der Waals surface area contributed by atoms with Gasteiger partial charge in [0.2, 0.25) is 0 Å². The normalized spacial score (nSPS) is 47.5. The molecule has 8 rings (SSSR count). The molecule has 0 amide bonds. The van der Waals surface area contributed by atoms with E-state index >= 15 is 0 Å². The van der Waals surface area contributed by atoms with Crippen LogP contribution in [0.15, 0.2) is 0 Å². The quantitative estimate of drug-likeness (QED) is 0.194. The van der Waals surface area contributed by atoms with E-state index in [9.17, 15) is 28.2 Å². The number of nitrogens with zero attached hydrogens (tertiary/aromatic N) is 1. The second-order valence-electron chi connectivity index (χ2n) is 23.2. The standard InChI is InChI=1S/C46H76N2O7S/c1-40(2)32(38(50)51)27-33(40)39(52)55-36-13-15-43(6)34(41(36,3)4)12-16-45(8)35(43)10-9-31-37-30(42(5)18-19-42)11-17-46(37,21-20-44(31,45)7)47-22-14-29(28-49)48-23-25-56(53,54)26-24-48/h29-37,47,49H,9-28H2,1-8H3,(H,50,51)/t29-,30+,31+,32-,33+,34-,35+,36-,37+,43-,44+,45+,46-/m0/s1. The molecule has 1 saturated heterocycles. The molecule has 7 saturated carbocycles. The lowest BCUT2D eigenvalue weighted by molar-refractivity contribution is -0.249. The predicted molar refractivity (Wildman–Crippen MR) is 218 cm³/mol. The van der Waals surface area contributed by atoms with Crippen molar-refractivity contribution in [2.24, 2.45) is 73.9 Å². The predicted octanol–water partition coefficient (Wildman–Crippen LogP) is 7.35. The highest BCUT2D eigenvalue weighted by Crippen LogP contribution is 2.78. The zero-order valence-electron chi connectivity index (χ0n) is 36.1. The van der Waals surface area contributed by atoms with Crippen LogP contribution in [0.25, 0.3) is 0 Å². The minimum Gasteiger partial charge on any atom is -0.481 e. The summed E-state index contributed by atoms with van der Waals surface area (Å²) in [7, 11) is -2.96. The van der Waals surface area contributed by atoms with Crippen molar-refractivity contribution in [2.45, 2.75) is 163 Å². The van der Waals surface area contributed by atoms with Crippen LogP contribution in [-0.4, -0.2) is 90.9 Å². The summed E-state index contributed by atoms with van der Waals surface area (Å²) in [4.78, 5) is 27.7. The number of carboxylic acid groups (broad SMARTS) is 1. The summed E-state index contributed by atoms with van der Waals surface area (Å²) in [6.45, 7) is 21.2. The maximum absolute atomic E-state index is 13.7. The van der Waals surface area contributed by atoms with Gasteiger partial charge >= 0.3 is 11.9 Å². The van der Waals surface area contributed by atoms with E-state index in [1.54, 1.807) is 0 Å². The lowest BCUT2D eigenvalue weighted by Crippen LogP contribution is -2.69. The first kappa shape index (κ1) is 41.5. The molecule has 7 aliphatic carbocycles. The first-order valence-electron chi connectivity index (χ1n) is 22.8. The van der Waals surface area contributed by atoms with Crippen molar-refractivity contribution < 1.29 is 33.0 Å². The van der Waals surface area contributed by atoms with Crippen LogP contribution in [0.1, 0.15) is 145 Å². The zero-order valence-corrected chi connectivity index (χ0v) is 36.9. The highest BCUT2D eigenvalue weighted by atomic mass is 32.2. The van der Waals surface area contributed by atoms with E-state index in [-0.39, 0.29) is 69.3 Å². The maximum atomic E-state index is 13.7. The highest BCUT2D eigenvalue weighted by molar-refractivity contribution is 7.91. The lowest BCUT2D eigenvalue weighted by Gasteiger charge is -2.73. The molecule has 0 bridgehead atoms. The monoisotopic (exact) mass is 801 g/mol. The Morgan fingerprint density at radius 3 is 2.09 bits per heavy atom. The van der Waals surface area contributed by atoms with Gasteiger partial charge < -0.3 is 20.3 Å². The number of aliphatic carboxylic acids is 1. The van der Waals surface area contributed by atoms with Crippen LogP contribution in [0.4, 0.5) is 0 Å². The number of esters is 1. The van der Waals surface area contributed by atoms with Crippen molar-refractivity contribution in [3.8, 4) is 0 Å². The summed E-state index contributed by atoms with van der Waals surface area (Å²) in [5, 5.41) is 24.4. The Kier molecular flexibility index (Phi) is 10.1. The number of carbonyl (C=O) groups is 2. The van der Waals surface area contributed by atoms with Gasteiger partial charge in [-0.15, -0.1) is 0 Å². The van der Waals surface area contributed by atoms with Crippen LogP contribution >= 0.6 is 0 Å². The molecule has 0 unspecified atom stereocenters. The summed E-state index contributed by atoms with van der Waals surface area (Å²) < 4.78 is 30.7. The van der Waals surface area contributed by atoms with E-state index in [2.05, 4.69) is 51.8 Å². The number of sulfone groups is 1. The van der Waals surface area contributed by atoms with Crippen molar-refractivity contribution in [1.29, 1.82) is 0 Å². The van der Waals surface area contributed by atoms with Crippen molar-refractivity contribution in [2.75, 3.05) is 37.7 Å². The van der Waals surface area contributed by atoms with Crippen molar-refractivity contribution in [1.82, 2.24) is 10.2 Å². The molecule has 1 heterocycles. The van der Waals surface area contributed by atoms with E-state index in [0.29, 0.717) is 48.6 Å². The number of carbonyl (C=O) groups excluding carboxylic acids is 1. The van der Waals surface area contributed by atoms with E-state index < -0.39 is 27.1 Å². The summed E-state index contributed by atoms with van der Waals surface area (Å²) >= 11 is 0. The third-order valence-corrected chi connectivity index (χ3v) is 22.1. The van der Waals surface area contributed by atoms with Gasteiger partial charge in [0.05, 0.1) is 29.9 Å². The summed E-state index contributed by atoms with van der Waals surface area (Å²) in [5.41, 5.74) is 0.534. The number of rotatable bonds is 10. The molecule has 0 aromatic carbocycles. The minimum atomic E-state index is -2.96. The number of carboxylic acids is 1. The number of hydrogen-bond acceptors (Lipinski definition) is 8. The van der Waals surface area contributed by atoms with E-state index in [0.717, 1.165) is 31.7 Å². The second kappa shape index (κ2) is 13.6. The summed E-state index contributed by atoms with van der Waals surface area (Å²) in [6, 6.07) is 0.00217. The van der Waals surface area contributed by atoms with Crippen LogP contribution in [0.5, 0.6) is 0 Å². The smallest absolute Gasteiger partial charge is 0.309 e. The number of hydrogen-bond donors (Lipinski definition) is 3. The minimum absolute atomic E-state index is 0.00217. The van der Waals surface area contributed by atoms with Crippen molar-refractivity contribution >= 4 is 21.8 Å². The number of ether oxygens (including phenoxy) is 1. The van der Waals surface area contributed by atoms with Crippen LogP contribution in [0.2, 0.25) is 0 Å². The topological polar surface area (TPSA) is 133 Å². The van der Waals surface area contributed by atoms with Gasteiger partial charge in [-0.2, -0.15) is 0 Å². The van der Waals surface area contributed by atoms with Crippen LogP contribution < -0.4 is 5.32 Å². The molecule has 9 nitrogen and oxygen atoms in total. The van der Waals surface area contributed by atoms with E-state index in [4.69, 9.17) is 4.74 Å². The maximum Gasteiger partial charge on any atom is 0.309 e. The molecule has 0 aromatic rings. The average Bonchev–Trinajstić information content (AvgIpc) is 3.74. The summed E-state index contributed by atoms with van der Waals surface area (Å²) in [5.74, 6) is 1.74. The molecule has 8 fully saturated rings. The van der Waals surface area contributed by atoms with Gasteiger partial charge in [-0.3, -0.25) is 14.5 Å². The molecule has 0 aromatic heterocycles. The molecular formula is C46H76N2O7S. The number of fused-ring (bicyclic) bond motifs is 7. The SMILES string of the molecule is CC1([C@@H]2CC[C@]3(NCC[C@@H](CO)N4CCS(=O)(=O)CC4)CC[C@]4(C)[C@H](CC[C@@H]5[C@@]6(C)CC[C@H](OC(=O)[C@H]7C[C@@H](C(=O)O)C7(C)C)C(C)(C)[C@@H]6CC[C@]54C)[C@@H]23)CC1. The fourth-order valence-electron chi connectivity index (χ4n) is 16.4. The fraction of sp³-hybridized carbons (Fsp3) is 0.957. The van der Waals surface area contributed by atoms with Gasteiger partial charge in [-0.05, 0) is 153 Å². The molecule has 318 valence electrons. The summed E-state index contributed by atoms with van der Waals surface area (Å²) in [6.07, 6.45) is 15.8. The van der Waals surface area contributed by atoms with Gasteiger partial charge in [-0.25, -0.2) is 8.42 Å². The van der Waals surface area contributed by atoms with Crippen molar-refractivity contribution in [3.63, 3.8) is 0 Å². The van der Waals surface area contributed by atoms with Crippen LogP contribution in [0.3, 0.4) is 0 Å². The molecule has 3 N–H and O–H groups in total. The van der Waals surface area contributed by atoms with E-state index in [1.165, 1.54) is 64.2 Å². The molecule has 13 atom stereocenters. The number of aliphatic hydroxyl groups excluding tert-OH is 1. The van der Waals surface area contributed by atoms with Gasteiger partial charge in [0, 0.05) is 30.1 Å². The zero-order chi connectivity index (χ0) is 40.5. The molecule has 10 heteroatoms. The third-order valence-electron chi connectivity index (χ3n) is 20.5. The second-order valence-corrected chi connectivity index (χ2v) is 25.5. The number of aliphatic hydroxyl groups is 1. The first-order valence-corrected chi connectivity index (χ1v) is 24.6. The lowest BCUT2D eigenvalue weighted by atomic mass is 9.32. The van der Waals surface area contributed by atoms with Crippen LogP contribution in [-0.2, 0) is 24.2 Å². The fourth-order valence-corrected chi connectivity index (χ4v) is 17.6. The molecule has 8 aliphatic rings. The Labute approximate surface area is 338 Å². The van der Waals surface area contributed by atoms with Gasteiger partial charge in [-0.1, -0.05) is 55.4 Å². The van der Waals surface area contributed by atoms with Gasteiger partial charge in [0.25, 0.3) is 0 Å². The molecule has 0 spiro atoms.